The van der Waals surface area contributed by atoms with Gasteiger partial charge in [0.1, 0.15) is 5.00 Å². The van der Waals surface area contributed by atoms with Crippen LogP contribution in [0.25, 0.3) is 0 Å². The van der Waals surface area contributed by atoms with E-state index in [-0.39, 0.29) is 29.2 Å². The summed E-state index contributed by atoms with van der Waals surface area (Å²) in [5.41, 5.74) is 3.19. The highest BCUT2D eigenvalue weighted by molar-refractivity contribution is 7.91. The van der Waals surface area contributed by atoms with Gasteiger partial charge in [-0.05, 0) is 57.6 Å². The number of nitrogens with zero attached hydrogens (tertiary/aromatic N) is 1. The van der Waals surface area contributed by atoms with Crippen LogP contribution in [0.15, 0.2) is 6.07 Å². The first kappa shape index (κ1) is 23.7. The molecular formula is C23H28N2O6S2. The van der Waals surface area contributed by atoms with Crippen LogP contribution in [0.2, 0.25) is 0 Å². The molecular weight excluding hydrogens is 464 g/mol. The Hall–Kier alpha value is -2.46. The van der Waals surface area contributed by atoms with Crippen molar-refractivity contribution < 1.29 is 27.5 Å². The number of esters is 1. The molecule has 0 unspecified atom stereocenters. The van der Waals surface area contributed by atoms with Crippen LogP contribution in [0.1, 0.15) is 74.8 Å². The van der Waals surface area contributed by atoms with E-state index in [4.69, 9.17) is 4.74 Å². The molecule has 1 saturated heterocycles. The fraction of sp³-hybridized carbons (Fsp3) is 0.522. The summed E-state index contributed by atoms with van der Waals surface area (Å²) in [5.74, 6) is -0.991. The number of aryl methyl sites for hydroxylation is 2. The molecule has 10 heteroatoms. The zero-order valence-corrected chi connectivity index (χ0v) is 20.7. The van der Waals surface area contributed by atoms with Crippen molar-refractivity contribution in [3.05, 3.63) is 39.0 Å². The number of hydrogen-bond donors (Lipinski definition) is 1. The Kier molecular flexibility index (Phi) is 6.50. The van der Waals surface area contributed by atoms with Crippen LogP contribution in [-0.4, -0.2) is 48.8 Å². The summed E-state index contributed by atoms with van der Waals surface area (Å²) in [6, 6.07) is 1.54. The first-order valence-electron chi connectivity index (χ1n) is 11.1. The number of nitrogens with one attached hydrogen (secondary N) is 1. The number of carbonyl (C=O) groups excluding carboxylic acids is 3. The minimum Gasteiger partial charge on any atom is -0.454 e. The van der Waals surface area contributed by atoms with E-state index in [1.807, 2.05) is 11.5 Å². The number of fused-ring (bicyclic) bond motifs is 1. The number of amides is 1. The van der Waals surface area contributed by atoms with Gasteiger partial charge in [-0.25, -0.2) is 13.2 Å². The van der Waals surface area contributed by atoms with Crippen LogP contribution in [0.4, 0.5) is 5.00 Å². The van der Waals surface area contributed by atoms with Gasteiger partial charge in [-0.15, -0.1) is 11.3 Å². The average Bonchev–Trinajstić information content (AvgIpc) is 3.37. The molecule has 0 spiro atoms. The lowest BCUT2D eigenvalue weighted by atomic mass is 9.95. The van der Waals surface area contributed by atoms with Gasteiger partial charge in [0.15, 0.2) is 16.4 Å². The van der Waals surface area contributed by atoms with E-state index in [9.17, 15) is 22.8 Å². The summed E-state index contributed by atoms with van der Waals surface area (Å²) in [5, 5.41) is 3.21. The standard InChI is InChI=1S/C23H28N2O6S2/c1-13-10-18(14(2)25(13)16-8-9-33(29,30)12-16)19(27)11-31-23(28)21-17-6-4-5-7-20(17)32-22(21)24-15(3)26/h10,16H,4-9,11-12H2,1-3H3,(H,24,26)/t16-/m1/s1. The summed E-state index contributed by atoms with van der Waals surface area (Å²) < 4.78 is 31.1. The molecule has 1 atom stereocenters. The van der Waals surface area contributed by atoms with Crippen molar-refractivity contribution in [2.75, 3.05) is 23.4 Å². The van der Waals surface area contributed by atoms with Gasteiger partial charge in [-0.1, -0.05) is 0 Å². The molecule has 1 N–H and O–H groups in total. The fourth-order valence-electron chi connectivity index (χ4n) is 4.91. The van der Waals surface area contributed by atoms with Gasteiger partial charge < -0.3 is 14.6 Å². The third-order valence-electron chi connectivity index (χ3n) is 6.36. The van der Waals surface area contributed by atoms with Gasteiger partial charge in [0, 0.05) is 34.8 Å². The lowest BCUT2D eigenvalue weighted by Gasteiger charge is -2.16. The van der Waals surface area contributed by atoms with Crippen molar-refractivity contribution in [1.29, 1.82) is 0 Å². The summed E-state index contributed by atoms with van der Waals surface area (Å²) in [6.07, 6.45) is 4.14. The second-order valence-electron chi connectivity index (χ2n) is 8.81. The topological polar surface area (TPSA) is 112 Å². The Bertz CT molecular complexity index is 1240. The van der Waals surface area contributed by atoms with Gasteiger partial charge in [0.2, 0.25) is 11.7 Å². The number of sulfone groups is 1. The molecule has 1 amide bonds. The highest BCUT2D eigenvalue weighted by Gasteiger charge is 2.32. The van der Waals surface area contributed by atoms with Crippen LogP contribution >= 0.6 is 11.3 Å². The molecule has 0 saturated carbocycles. The van der Waals surface area contributed by atoms with Gasteiger partial charge in [-0.3, -0.25) is 9.59 Å². The van der Waals surface area contributed by atoms with Gasteiger partial charge in [0.05, 0.1) is 17.1 Å². The molecule has 4 rings (SSSR count). The summed E-state index contributed by atoms with van der Waals surface area (Å²) in [4.78, 5) is 38.6. The van der Waals surface area contributed by atoms with E-state index in [0.29, 0.717) is 28.2 Å². The maximum absolute atomic E-state index is 13.0. The smallest absolute Gasteiger partial charge is 0.341 e. The molecule has 2 aliphatic rings. The van der Waals surface area contributed by atoms with E-state index in [1.54, 1.807) is 13.0 Å². The molecule has 0 aromatic carbocycles. The number of ketones is 1. The quantitative estimate of drug-likeness (QED) is 0.489. The van der Waals surface area contributed by atoms with Crippen LogP contribution < -0.4 is 5.32 Å². The second kappa shape index (κ2) is 9.06. The SMILES string of the molecule is CC(=O)Nc1sc2c(c1C(=O)OCC(=O)c1cc(C)n([C@@H]3CCS(=O)(=O)C3)c1C)CCCC2. The highest BCUT2D eigenvalue weighted by Crippen LogP contribution is 2.38. The molecule has 33 heavy (non-hydrogen) atoms. The number of hydrogen-bond acceptors (Lipinski definition) is 7. The van der Waals surface area contributed by atoms with E-state index < -0.39 is 22.4 Å². The van der Waals surface area contributed by atoms with Crippen molar-refractivity contribution in [3.8, 4) is 0 Å². The van der Waals surface area contributed by atoms with Crippen molar-refractivity contribution in [2.24, 2.45) is 0 Å². The number of Topliss-reactive ketones (excluding diaryl/α,β-unsaturated/α-hetero) is 1. The van der Waals surface area contributed by atoms with Crippen molar-refractivity contribution in [1.82, 2.24) is 4.57 Å². The second-order valence-corrected chi connectivity index (χ2v) is 12.1. The first-order chi connectivity index (χ1) is 15.6. The lowest BCUT2D eigenvalue weighted by molar-refractivity contribution is -0.114. The Balaban J connectivity index is 1.51. The zero-order valence-electron chi connectivity index (χ0n) is 19.0. The largest absolute Gasteiger partial charge is 0.454 e. The van der Waals surface area contributed by atoms with Crippen LogP contribution in [-0.2, 0) is 32.2 Å². The summed E-state index contributed by atoms with van der Waals surface area (Å²) >= 11 is 1.40. The Morgan fingerprint density at radius 2 is 1.94 bits per heavy atom. The number of anilines is 1. The zero-order chi connectivity index (χ0) is 23.9. The number of ether oxygens (including phenoxy) is 1. The van der Waals surface area contributed by atoms with Gasteiger partial charge in [0.25, 0.3) is 0 Å². The lowest BCUT2D eigenvalue weighted by Crippen LogP contribution is -2.18. The summed E-state index contributed by atoms with van der Waals surface area (Å²) in [6.45, 7) is 4.61. The predicted molar refractivity (Wildman–Crippen MR) is 126 cm³/mol. The highest BCUT2D eigenvalue weighted by atomic mass is 32.2. The minimum absolute atomic E-state index is 0.0706. The first-order valence-corrected chi connectivity index (χ1v) is 13.7. The molecule has 0 radical (unpaired) electrons. The third-order valence-corrected chi connectivity index (χ3v) is 9.32. The van der Waals surface area contributed by atoms with E-state index in [0.717, 1.165) is 41.8 Å². The van der Waals surface area contributed by atoms with Crippen LogP contribution in [0, 0.1) is 13.8 Å². The van der Waals surface area contributed by atoms with E-state index in [2.05, 4.69) is 5.32 Å². The normalized spacial score (nSPS) is 19.2. The number of thiophene rings is 1. The fourth-order valence-corrected chi connectivity index (χ4v) is 7.93. The maximum atomic E-state index is 13.0. The molecule has 1 fully saturated rings. The molecule has 3 heterocycles. The Morgan fingerprint density at radius 3 is 2.61 bits per heavy atom. The third kappa shape index (κ3) is 4.77. The Labute approximate surface area is 197 Å². The molecule has 8 nitrogen and oxygen atoms in total. The minimum atomic E-state index is -3.06. The predicted octanol–water partition coefficient (Wildman–Crippen LogP) is 3.40. The van der Waals surface area contributed by atoms with Crippen LogP contribution in [0.3, 0.4) is 0 Å². The van der Waals surface area contributed by atoms with Crippen molar-refractivity contribution in [2.45, 2.75) is 58.9 Å². The molecule has 1 aliphatic carbocycles. The number of rotatable bonds is 6. The Morgan fingerprint density at radius 1 is 1.21 bits per heavy atom. The van der Waals surface area contributed by atoms with Crippen LogP contribution in [0.5, 0.6) is 0 Å². The van der Waals surface area contributed by atoms with E-state index >= 15 is 0 Å². The molecule has 178 valence electrons. The number of aromatic nitrogens is 1. The van der Waals surface area contributed by atoms with Crippen molar-refractivity contribution >= 4 is 43.8 Å². The van der Waals surface area contributed by atoms with Gasteiger partial charge in [-0.2, -0.15) is 0 Å². The van der Waals surface area contributed by atoms with Crippen molar-refractivity contribution in [3.63, 3.8) is 0 Å². The van der Waals surface area contributed by atoms with Gasteiger partial charge >= 0.3 is 5.97 Å². The maximum Gasteiger partial charge on any atom is 0.341 e. The molecule has 1 aliphatic heterocycles. The molecule has 2 aromatic heterocycles. The summed E-state index contributed by atoms with van der Waals surface area (Å²) in [7, 11) is -3.06. The molecule has 2 aromatic rings. The monoisotopic (exact) mass is 492 g/mol. The number of carbonyl (C=O) groups is 3. The molecule has 0 bridgehead atoms. The average molecular weight is 493 g/mol. The van der Waals surface area contributed by atoms with E-state index in [1.165, 1.54) is 18.3 Å².